The van der Waals surface area contributed by atoms with E-state index in [9.17, 15) is 0 Å². The molecule has 2 heterocycles. The second-order valence-corrected chi connectivity index (χ2v) is 22.6. The third-order valence-corrected chi connectivity index (χ3v) is 18.7. The molecule has 0 aliphatic carbocycles. The molecule has 1 unspecified atom stereocenters. The topological polar surface area (TPSA) is 59.9 Å². The molecule has 11 aromatic rings. The monoisotopic (exact) mass is 936 g/mol. The van der Waals surface area contributed by atoms with E-state index in [1.54, 1.807) is 0 Å². The van der Waals surface area contributed by atoms with Gasteiger partial charge in [0.1, 0.15) is 10.9 Å². The van der Waals surface area contributed by atoms with Crippen LogP contribution in [0.3, 0.4) is 0 Å². The predicted octanol–water partition coefficient (Wildman–Crippen LogP) is 13.8. The zero-order valence-corrected chi connectivity index (χ0v) is 40.0. The molecule has 0 spiro atoms. The van der Waals surface area contributed by atoms with Crippen molar-refractivity contribution in [3.8, 4) is 67.0 Å². The molecule has 6 heteroatoms. The Hall–Kier alpha value is -8.26. The van der Waals surface area contributed by atoms with Gasteiger partial charge in [0.25, 0.3) is 0 Å². The minimum Gasteiger partial charge on any atom is -0.307 e. The van der Waals surface area contributed by atoms with Gasteiger partial charge < -0.3 is 9.13 Å². The van der Waals surface area contributed by atoms with Gasteiger partial charge in [-0.3, -0.25) is 0 Å². The van der Waals surface area contributed by atoms with E-state index in [0.29, 0.717) is 43.5 Å². The van der Waals surface area contributed by atoms with E-state index in [2.05, 4.69) is 91.0 Å². The molecule has 0 fully saturated rings. The van der Waals surface area contributed by atoms with Gasteiger partial charge in [-0.25, -0.2) is 9.97 Å². The summed E-state index contributed by atoms with van der Waals surface area (Å²) in [5.74, 6) is 0. The van der Waals surface area contributed by atoms with Crippen LogP contribution in [-0.2, 0) is 9.13 Å². The Bertz CT molecular complexity index is 3630. The van der Waals surface area contributed by atoms with Crippen LogP contribution >= 0.6 is 14.3 Å². The van der Waals surface area contributed by atoms with Gasteiger partial charge in [0.05, 0.1) is 11.4 Å². The number of rotatable bonds is 12. The molecule has 0 saturated carbocycles. The second-order valence-electron chi connectivity index (χ2n) is 17.2. The van der Waals surface area contributed by atoms with E-state index in [1.165, 1.54) is 0 Å². The first-order chi connectivity index (χ1) is 34.4. The van der Waals surface area contributed by atoms with Crippen molar-refractivity contribution in [3.63, 3.8) is 0 Å². The summed E-state index contributed by atoms with van der Waals surface area (Å²) in [4.78, 5) is 10.5. The van der Waals surface area contributed by atoms with Crippen LogP contribution in [0.25, 0.3) is 67.0 Å². The summed E-state index contributed by atoms with van der Waals surface area (Å²) in [6.45, 7) is 0. The molecule has 1 atom stereocenters. The van der Waals surface area contributed by atoms with Gasteiger partial charge in [-0.05, 0) is 104 Å². The summed E-state index contributed by atoms with van der Waals surface area (Å²) >= 11 is 0. The minimum absolute atomic E-state index is 0.426. The summed E-state index contributed by atoms with van der Waals surface area (Å²) in [7, 11) is -7.28. The fourth-order valence-corrected chi connectivity index (χ4v) is 14.4. The van der Waals surface area contributed by atoms with E-state index in [4.69, 9.17) is 9.97 Å². The van der Waals surface area contributed by atoms with E-state index >= 15 is 9.13 Å². The van der Waals surface area contributed by atoms with Gasteiger partial charge in [0.2, 0.25) is 0 Å². The van der Waals surface area contributed by atoms with Crippen LogP contribution in [0, 0.1) is 0 Å². The van der Waals surface area contributed by atoms with Gasteiger partial charge in [-0.1, -0.05) is 231 Å². The Morgan fingerprint density at radius 1 is 0.214 bits per heavy atom. The molecular weight excluding hydrogens is 891 g/mol. The van der Waals surface area contributed by atoms with Crippen LogP contribution in [0.1, 0.15) is 0 Å². The maximum atomic E-state index is 16.4. The first-order valence-corrected chi connectivity index (χ1v) is 26.8. The highest BCUT2D eigenvalue weighted by Crippen LogP contribution is 2.45. The largest absolute Gasteiger partial charge is 0.307 e. The Kier molecular flexibility index (Phi) is 12.3. The lowest BCUT2D eigenvalue weighted by molar-refractivity contribution is 0.591. The average Bonchev–Trinajstić information content (AvgIpc) is 3.46. The van der Waals surface area contributed by atoms with Crippen molar-refractivity contribution < 1.29 is 9.13 Å². The maximum Gasteiger partial charge on any atom is 0.188 e. The molecule has 0 amide bonds. The lowest BCUT2D eigenvalue weighted by atomic mass is 9.99. The van der Waals surface area contributed by atoms with Gasteiger partial charge in [0, 0.05) is 21.2 Å². The van der Waals surface area contributed by atoms with Crippen molar-refractivity contribution in [2.75, 3.05) is 0 Å². The molecule has 9 aromatic carbocycles. The van der Waals surface area contributed by atoms with Crippen LogP contribution in [0.5, 0.6) is 0 Å². The van der Waals surface area contributed by atoms with E-state index in [-0.39, 0.29) is 0 Å². The van der Waals surface area contributed by atoms with Crippen molar-refractivity contribution in [2.45, 2.75) is 0 Å². The summed E-state index contributed by atoms with van der Waals surface area (Å²) in [5.41, 5.74) is 12.2. The normalized spacial score (nSPS) is 12.2. The number of nitrogens with zero attached hydrogens (tertiary/aromatic N) is 2. The molecule has 0 aliphatic heterocycles. The predicted molar refractivity (Wildman–Crippen MR) is 293 cm³/mol. The molecular formula is C64H46N2O2P2. The SMILES string of the molecule is O=P(c1ccc(-c2cccc(-c3ccccc3)c2)cc1)(c1cccc(-c2ccccc2)c1)c1cccc(-c2cccc(P(=O)(c3cccc(-c4ccccc4)c3)c3cccc(-c4ccccc4)c3)n2)n1. The highest BCUT2D eigenvalue weighted by Gasteiger charge is 2.34. The van der Waals surface area contributed by atoms with Crippen molar-refractivity contribution in [1.29, 1.82) is 0 Å². The number of benzene rings is 9. The molecule has 11 rings (SSSR count). The Morgan fingerprint density at radius 2 is 0.486 bits per heavy atom. The molecule has 0 aliphatic rings. The van der Waals surface area contributed by atoms with Gasteiger partial charge in [-0.2, -0.15) is 0 Å². The number of hydrogen-bond donors (Lipinski definition) is 0. The zero-order valence-electron chi connectivity index (χ0n) is 38.2. The molecule has 4 nitrogen and oxygen atoms in total. The average molecular weight is 937 g/mol. The van der Waals surface area contributed by atoms with Gasteiger partial charge >= 0.3 is 0 Å². The van der Waals surface area contributed by atoms with Crippen molar-refractivity contribution in [2.24, 2.45) is 0 Å². The maximum absolute atomic E-state index is 16.4. The third kappa shape index (κ3) is 8.72. The van der Waals surface area contributed by atoms with Crippen molar-refractivity contribution >= 4 is 46.4 Å². The highest BCUT2D eigenvalue weighted by atomic mass is 31.2. The Morgan fingerprint density at radius 3 is 0.843 bits per heavy atom. The summed E-state index contributed by atoms with van der Waals surface area (Å²) < 4.78 is 32.8. The highest BCUT2D eigenvalue weighted by molar-refractivity contribution is 7.85. The standard InChI is InChI=1S/C64H46N2O2P2/c67-69(58-32-14-29-54(44-58)48-21-7-2-8-22-48,57-41-39-51(40-42-57)53-28-13-27-52(43-53)47-19-5-1-6-20-47)63-37-17-35-61(65-63)62-36-18-38-64(66-62)70(68,59-33-15-30-55(45-59)49-23-9-3-10-24-49)60-34-16-31-56(46-60)50-25-11-4-12-26-50/h1-46H. The molecule has 0 saturated heterocycles. The molecule has 0 N–H and O–H groups in total. The van der Waals surface area contributed by atoms with E-state index in [0.717, 1.165) is 55.6 Å². The zero-order chi connectivity index (χ0) is 47.3. The van der Waals surface area contributed by atoms with E-state index < -0.39 is 14.3 Å². The quantitative estimate of drug-likeness (QED) is 0.115. The Labute approximate surface area is 409 Å². The van der Waals surface area contributed by atoms with Crippen molar-refractivity contribution in [3.05, 3.63) is 279 Å². The fourth-order valence-electron chi connectivity index (χ4n) is 9.22. The number of pyridine rings is 2. The summed E-state index contributed by atoms with van der Waals surface area (Å²) in [6, 6.07) is 92.6. The third-order valence-electron chi connectivity index (χ3n) is 12.9. The molecule has 0 radical (unpaired) electrons. The fraction of sp³-hybridized carbons (Fsp3) is 0. The van der Waals surface area contributed by atoms with Crippen LogP contribution in [0.4, 0.5) is 0 Å². The molecule has 2 aromatic heterocycles. The van der Waals surface area contributed by atoms with E-state index in [1.807, 2.05) is 188 Å². The van der Waals surface area contributed by atoms with Crippen LogP contribution < -0.4 is 32.1 Å². The summed E-state index contributed by atoms with van der Waals surface area (Å²) in [5, 5.41) is 2.67. The smallest absolute Gasteiger partial charge is 0.188 e. The first-order valence-electron chi connectivity index (χ1n) is 23.3. The summed E-state index contributed by atoms with van der Waals surface area (Å²) in [6.07, 6.45) is 0. The van der Waals surface area contributed by atoms with Crippen LogP contribution in [-0.4, -0.2) is 9.97 Å². The molecule has 70 heavy (non-hydrogen) atoms. The van der Waals surface area contributed by atoms with Gasteiger partial charge in [-0.15, -0.1) is 0 Å². The van der Waals surface area contributed by atoms with Gasteiger partial charge in [0.15, 0.2) is 14.3 Å². The lowest BCUT2D eigenvalue weighted by Crippen LogP contribution is -2.28. The second kappa shape index (κ2) is 19.4. The van der Waals surface area contributed by atoms with Crippen molar-refractivity contribution in [1.82, 2.24) is 9.97 Å². The number of aromatic nitrogens is 2. The first kappa shape index (κ1) is 44.3. The lowest BCUT2D eigenvalue weighted by Gasteiger charge is -2.22. The molecule has 334 valence electrons. The number of hydrogen-bond acceptors (Lipinski definition) is 4. The molecule has 0 bridgehead atoms. The Balaban J connectivity index is 1.03. The van der Waals surface area contributed by atoms with Crippen LogP contribution in [0.2, 0.25) is 0 Å². The van der Waals surface area contributed by atoms with Crippen LogP contribution in [0.15, 0.2) is 279 Å². The minimum atomic E-state index is -3.64.